The molecule has 0 atom stereocenters. The van der Waals surface area contributed by atoms with Crippen molar-refractivity contribution in [2.75, 3.05) is 6.61 Å². The van der Waals surface area contributed by atoms with E-state index >= 15 is 0 Å². The van der Waals surface area contributed by atoms with Crippen molar-refractivity contribution in [2.45, 2.75) is 40.5 Å². The van der Waals surface area contributed by atoms with Crippen molar-refractivity contribution in [1.29, 1.82) is 0 Å². The summed E-state index contributed by atoms with van der Waals surface area (Å²) in [6, 6.07) is 0. The predicted octanol–water partition coefficient (Wildman–Crippen LogP) is 2.69. The quantitative estimate of drug-likeness (QED) is 0.594. The maximum Gasteiger partial charge on any atom is 0.145 e. The molecule has 0 bridgehead atoms. The van der Waals surface area contributed by atoms with Crippen LogP contribution in [0.25, 0.3) is 0 Å². The molecule has 0 heterocycles. The van der Waals surface area contributed by atoms with Crippen LogP contribution in [0.5, 0.6) is 0 Å². The van der Waals surface area contributed by atoms with Crippen molar-refractivity contribution >= 4 is 12.1 Å². The molecule has 0 radical (unpaired) electrons. The van der Waals surface area contributed by atoms with Crippen LogP contribution < -0.4 is 0 Å². The van der Waals surface area contributed by atoms with E-state index in [9.17, 15) is 4.79 Å². The highest BCUT2D eigenvalue weighted by molar-refractivity contribution is 5.75. The van der Waals surface area contributed by atoms with E-state index in [0.29, 0.717) is 12.7 Å². The number of aliphatic hydroxyl groups is 1. The van der Waals surface area contributed by atoms with Gasteiger partial charge in [0, 0.05) is 6.42 Å². The number of hydrogen-bond acceptors (Lipinski definition) is 3. The number of aldehydes is 1. The van der Waals surface area contributed by atoms with E-state index in [1.165, 1.54) is 5.57 Å². The average molecular weight is 228 g/mol. The van der Waals surface area contributed by atoms with Crippen molar-refractivity contribution in [2.24, 2.45) is 0 Å². The third kappa shape index (κ3) is 53.1. The van der Waals surface area contributed by atoms with Gasteiger partial charge in [0.2, 0.25) is 0 Å². The third-order valence-electron chi connectivity index (χ3n) is 1.12. The van der Waals surface area contributed by atoms with Crippen molar-refractivity contribution in [1.82, 2.24) is 0 Å². The summed E-state index contributed by atoms with van der Waals surface area (Å²) in [5.41, 5.74) is 1.29. The molecular formula is C13H24O3. The van der Waals surface area contributed by atoms with Gasteiger partial charge in [-0.2, -0.15) is 0 Å². The molecule has 0 spiro atoms. The lowest BCUT2D eigenvalue weighted by Gasteiger charge is -1.89. The highest BCUT2D eigenvalue weighted by Gasteiger charge is 1.88. The number of hydrogen-bond donors (Lipinski definition) is 1. The molecule has 3 heteroatoms. The zero-order valence-corrected chi connectivity index (χ0v) is 10.8. The topological polar surface area (TPSA) is 54.4 Å². The number of aliphatic hydroxyl groups excluding tert-OH is 1. The lowest BCUT2D eigenvalue weighted by Crippen LogP contribution is -1.86. The fourth-order valence-corrected chi connectivity index (χ4v) is 0.564. The van der Waals surface area contributed by atoms with Gasteiger partial charge in [0.05, 0.1) is 6.61 Å². The molecule has 94 valence electrons. The van der Waals surface area contributed by atoms with Gasteiger partial charge in [-0.05, 0) is 34.1 Å². The predicted molar refractivity (Wildman–Crippen MR) is 68.4 cm³/mol. The SMILES string of the molecule is C=CC.CC(=O)CCC=C(C)C.O=CCO. The van der Waals surface area contributed by atoms with Crippen LogP contribution in [0, 0.1) is 0 Å². The molecule has 0 aliphatic heterocycles. The first-order valence-electron chi connectivity index (χ1n) is 5.20. The van der Waals surface area contributed by atoms with Crippen molar-refractivity contribution in [3.05, 3.63) is 24.3 Å². The summed E-state index contributed by atoms with van der Waals surface area (Å²) >= 11 is 0. The molecule has 1 N–H and O–H groups in total. The highest BCUT2D eigenvalue weighted by Crippen LogP contribution is 1.96. The summed E-state index contributed by atoms with van der Waals surface area (Å²) in [6.07, 6.45) is 5.85. The molecule has 0 aromatic carbocycles. The Balaban J connectivity index is -0.000000201. The third-order valence-corrected chi connectivity index (χ3v) is 1.12. The van der Waals surface area contributed by atoms with E-state index < -0.39 is 0 Å². The van der Waals surface area contributed by atoms with Gasteiger partial charge in [-0.3, -0.25) is 0 Å². The second-order valence-electron chi connectivity index (χ2n) is 3.28. The van der Waals surface area contributed by atoms with Crippen LogP contribution in [0.4, 0.5) is 0 Å². The summed E-state index contributed by atoms with van der Waals surface area (Å²) in [4.78, 5) is 19.3. The highest BCUT2D eigenvalue weighted by atomic mass is 16.3. The Morgan fingerprint density at radius 2 is 1.69 bits per heavy atom. The van der Waals surface area contributed by atoms with E-state index in [1.54, 1.807) is 13.0 Å². The molecule has 0 aromatic rings. The lowest BCUT2D eigenvalue weighted by molar-refractivity contribution is -0.117. The molecule has 3 nitrogen and oxygen atoms in total. The van der Waals surface area contributed by atoms with Crippen LogP contribution in [0.3, 0.4) is 0 Å². The largest absolute Gasteiger partial charge is 0.389 e. The van der Waals surface area contributed by atoms with Gasteiger partial charge in [0.15, 0.2) is 0 Å². The van der Waals surface area contributed by atoms with Gasteiger partial charge >= 0.3 is 0 Å². The summed E-state index contributed by atoms with van der Waals surface area (Å²) in [5.74, 6) is 0.271. The Hall–Kier alpha value is -1.22. The zero-order chi connectivity index (χ0) is 13.4. The standard InChI is InChI=1S/C8H14O.C3H6.C2H4O2/c1-7(2)5-4-6-8(3)9;1-3-2;3-1-2-4/h5H,4,6H2,1-3H3;3H,1H2,2H3;1,4H,2H2. The number of carbonyl (C=O) groups is 2. The summed E-state index contributed by atoms with van der Waals surface area (Å²) in [5, 5.41) is 7.51. The normalized spacial score (nSPS) is 7.31. The lowest BCUT2D eigenvalue weighted by atomic mass is 10.2. The first-order chi connectivity index (χ1) is 7.45. The molecule has 0 saturated carbocycles. The van der Waals surface area contributed by atoms with Gasteiger partial charge in [0.1, 0.15) is 12.1 Å². The smallest absolute Gasteiger partial charge is 0.145 e. The number of Topliss-reactive ketones (excluding diaryl/α,β-unsaturated/α-hetero) is 1. The second kappa shape index (κ2) is 19.4. The van der Waals surface area contributed by atoms with Gasteiger partial charge in [0.25, 0.3) is 0 Å². The van der Waals surface area contributed by atoms with Gasteiger partial charge in [-0.15, -0.1) is 6.58 Å². The first kappa shape index (κ1) is 20.2. The molecule has 0 rings (SSSR count). The van der Waals surface area contributed by atoms with E-state index in [-0.39, 0.29) is 12.4 Å². The van der Waals surface area contributed by atoms with Crippen LogP contribution >= 0.6 is 0 Å². The average Bonchev–Trinajstić information content (AvgIpc) is 2.18. The molecule has 0 aromatic heterocycles. The maximum atomic E-state index is 10.4. The van der Waals surface area contributed by atoms with Crippen LogP contribution in [-0.4, -0.2) is 23.8 Å². The van der Waals surface area contributed by atoms with Crippen LogP contribution in [0.15, 0.2) is 24.3 Å². The Morgan fingerprint density at radius 1 is 1.31 bits per heavy atom. The molecule has 0 aliphatic rings. The number of carbonyl (C=O) groups excluding carboxylic acids is 2. The minimum atomic E-state index is -0.361. The Kier molecular flexibility index (Phi) is 24.5. The zero-order valence-electron chi connectivity index (χ0n) is 10.8. The fraction of sp³-hybridized carbons (Fsp3) is 0.538. The minimum Gasteiger partial charge on any atom is -0.389 e. The van der Waals surface area contributed by atoms with E-state index in [1.807, 2.05) is 20.8 Å². The molecule has 0 saturated heterocycles. The van der Waals surface area contributed by atoms with Crippen molar-refractivity contribution in [3.8, 4) is 0 Å². The molecule has 0 unspecified atom stereocenters. The van der Waals surface area contributed by atoms with E-state index in [4.69, 9.17) is 9.90 Å². The first-order valence-corrected chi connectivity index (χ1v) is 5.20. The van der Waals surface area contributed by atoms with Crippen LogP contribution in [0.2, 0.25) is 0 Å². The summed E-state index contributed by atoms with van der Waals surface area (Å²) in [7, 11) is 0. The Labute approximate surface area is 98.9 Å². The van der Waals surface area contributed by atoms with E-state index in [0.717, 1.165) is 6.42 Å². The maximum absolute atomic E-state index is 10.4. The summed E-state index contributed by atoms with van der Waals surface area (Å²) < 4.78 is 0. The number of rotatable bonds is 4. The van der Waals surface area contributed by atoms with E-state index in [2.05, 4.69) is 12.7 Å². The van der Waals surface area contributed by atoms with Gasteiger partial charge < -0.3 is 14.7 Å². The molecule has 16 heavy (non-hydrogen) atoms. The minimum absolute atomic E-state index is 0.271. The molecule has 0 amide bonds. The molecule has 0 fully saturated rings. The monoisotopic (exact) mass is 228 g/mol. The number of allylic oxidation sites excluding steroid dienone is 3. The molecule has 0 aliphatic carbocycles. The van der Waals surface area contributed by atoms with Crippen LogP contribution in [0.1, 0.15) is 40.5 Å². The molecular weight excluding hydrogens is 204 g/mol. The van der Waals surface area contributed by atoms with Crippen molar-refractivity contribution in [3.63, 3.8) is 0 Å². The van der Waals surface area contributed by atoms with Gasteiger partial charge in [-0.25, -0.2) is 0 Å². The fourth-order valence-electron chi connectivity index (χ4n) is 0.564. The van der Waals surface area contributed by atoms with Crippen molar-refractivity contribution < 1.29 is 14.7 Å². The Bertz CT molecular complexity index is 201. The van der Waals surface area contributed by atoms with Gasteiger partial charge in [-0.1, -0.05) is 17.7 Å². The Morgan fingerprint density at radius 3 is 1.88 bits per heavy atom. The van der Waals surface area contributed by atoms with Crippen LogP contribution in [-0.2, 0) is 9.59 Å². The summed E-state index contributed by atoms with van der Waals surface area (Å²) in [6.45, 7) is 10.6. The second-order valence-corrected chi connectivity index (χ2v) is 3.28. The number of ketones is 1.